The molecule has 5 nitrogen and oxygen atoms in total. The van der Waals surface area contributed by atoms with Gasteiger partial charge >= 0.3 is 0 Å². The lowest BCUT2D eigenvalue weighted by molar-refractivity contribution is 0.0549. The van der Waals surface area contributed by atoms with Gasteiger partial charge in [-0.05, 0) is 55.5 Å². The Morgan fingerprint density at radius 3 is 2.42 bits per heavy atom. The van der Waals surface area contributed by atoms with Gasteiger partial charge in [0.2, 0.25) is 0 Å². The molecule has 3 aliphatic rings. The van der Waals surface area contributed by atoms with Gasteiger partial charge in [0, 0.05) is 24.2 Å². The second-order valence-electron chi connectivity index (χ2n) is 8.49. The molecule has 2 aliphatic heterocycles. The summed E-state index contributed by atoms with van der Waals surface area (Å²) >= 11 is 0. The smallest absolute Gasteiger partial charge is 0.261 e. The number of halogens is 2. The van der Waals surface area contributed by atoms with Crippen LogP contribution in [0.5, 0.6) is 0 Å². The van der Waals surface area contributed by atoms with Crippen LogP contribution >= 0.6 is 0 Å². The Morgan fingerprint density at radius 1 is 0.903 bits per heavy atom. The number of hydrogen-bond acceptors (Lipinski definition) is 3. The van der Waals surface area contributed by atoms with Crippen LogP contribution in [0.1, 0.15) is 75.2 Å². The van der Waals surface area contributed by atoms with Crippen LogP contribution in [0, 0.1) is 11.6 Å². The SMILES string of the molecule is O=C(c1ccc2c(c1)C(=O)N(C1CCCCC1)C2=O)N1CCCc2cc(F)cc(F)c21. The van der Waals surface area contributed by atoms with E-state index in [0.717, 1.165) is 38.2 Å². The first-order chi connectivity index (χ1) is 15.0. The van der Waals surface area contributed by atoms with E-state index in [1.807, 2.05) is 0 Å². The van der Waals surface area contributed by atoms with Gasteiger partial charge < -0.3 is 4.90 Å². The fourth-order valence-electron chi connectivity index (χ4n) is 5.07. The summed E-state index contributed by atoms with van der Waals surface area (Å²) in [5, 5.41) is 0. The zero-order chi connectivity index (χ0) is 21.7. The molecule has 0 bridgehead atoms. The van der Waals surface area contributed by atoms with Crippen molar-refractivity contribution in [1.82, 2.24) is 4.90 Å². The fraction of sp³-hybridized carbons (Fsp3) is 0.375. The molecule has 2 aromatic rings. The van der Waals surface area contributed by atoms with Gasteiger partial charge in [0.25, 0.3) is 17.7 Å². The Kier molecular flexibility index (Phi) is 4.84. The molecule has 0 unspecified atom stereocenters. The first-order valence-electron chi connectivity index (χ1n) is 10.8. The number of carbonyl (C=O) groups is 3. The molecule has 2 aromatic carbocycles. The summed E-state index contributed by atoms with van der Waals surface area (Å²) in [6.07, 6.45) is 5.76. The second-order valence-corrected chi connectivity index (χ2v) is 8.49. The maximum atomic E-state index is 14.5. The largest absolute Gasteiger partial charge is 0.305 e. The Balaban J connectivity index is 1.47. The van der Waals surface area contributed by atoms with Crippen molar-refractivity contribution in [3.05, 3.63) is 64.2 Å². The highest BCUT2D eigenvalue weighted by molar-refractivity contribution is 6.22. The zero-order valence-electron chi connectivity index (χ0n) is 17.0. The molecule has 0 N–H and O–H groups in total. The summed E-state index contributed by atoms with van der Waals surface area (Å²) < 4.78 is 28.1. The average molecular weight is 424 g/mol. The van der Waals surface area contributed by atoms with E-state index < -0.39 is 17.5 Å². The number of imide groups is 1. The molecule has 1 saturated carbocycles. The molecule has 0 radical (unpaired) electrons. The van der Waals surface area contributed by atoms with Gasteiger partial charge in [-0.15, -0.1) is 0 Å². The van der Waals surface area contributed by atoms with Gasteiger partial charge in [0.05, 0.1) is 16.8 Å². The highest BCUT2D eigenvalue weighted by Gasteiger charge is 2.41. The Bertz CT molecular complexity index is 1110. The molecule has 3 amide bonds. The van der Waals surface area contributed by atoms with E-state index in [4.69, 9.17) is 0 Å². The van der Waals surface area contributed by atoms with Gasteiger partial charge in [0.1, 0.15) is 11.6 Å². The quantitative estimate of drug-likeness (QED) is 0.668. The molecular formula is C24H22F2N2O3. The minimum absolute atomic E-state index is 0.0874. The molecule has 0 saturated heterocycles. The van der Waals surface area contributed by atoms with Crippen LogP contribution in [0.3, 0.4) is 0 Å². The highest BCUT2D eigenvalue weighted by Crippen LogP contribution is 2.34. The van der Waals surface area contributed by atoms with Crippen molar-refractivity contribution in [1.29, 1.82) is 0 Å². The topological polar surface area (TPSA) is 57.7 Å². The van der Waals surface area contributed by atoms with E-state index in [1.54, 1.807) is 0 Å². The number of fused-ring (bicyclic) bond motifs is 2. The molecule has 7 heteroatoms. The third-order valence-electron chi connectivity index (χ3n) is 6.55. The molecule has 0 atom stereocenters. The first kappa shape index (κ1) is 19.8. The molecule has 31 heavy (non-hydrogen) atoms. The molecule has 1 fully saturated rings. The van der Waals surface area contributed by atoms with Gasteiger partial charge in [-0.3, -0.25) is 19.3 Å². The molecular weight excluding hydrogens is 402 g/mol. The molecule has 1 aliphatic carbocycles. The summed E-state index contributed by atoms with van der Waals surface area (Å²) in [4.78, 5) is 41.8. The van der Waals surface area contributed by atoms with Gasteiger partial charge in [-0.25, -0.2) is 8.78 Å². The van der Waals surface area contributed by atoms with Crippen LogP contribution in [0.2, 0.25) is 0 Å². The Labute approximate surface area is 178 Å². The number of anilines is 1. The van der Waals surface area contributed by atoms with Crippen molar-refractivity contribution in [3.63, 3.8) is 0 Å². The molecule has 0 spiro atoms. The van der Waals surface area contributed by atoms with Gasteiger partial charge in [0.15, 0.2) is 0 Å². The predicted octanol–water partition coefficient (Wildman–Crippen LogP) is 4.49. The van der Waals surface area contributed by atoms with Crippen LogP contribution in [0.25, 0.3) is 0 Å². The number of hydrogen-bond donors (Lipinski definition) is 0. The lowest BCUT2D eigenvalue weighted by Gasteiger charge is -2.30. The van der Waals surface area contributed by atoms with E-state index in [2.05, 4.69) is 0 Å². The van der Waals surface area contributed by atoms with Crippen molar-refractivity contribution < 1.29 is 23.2 Å². The minimum atomic E-state index is -0.779. The minimum Gasteiger partial charge on any atom is -0.305 e. The summed E-state index contributed by atoms with van der Waals surface area (Å²) in [6.45, 7) is 0.298. The number of benzene rings is 2. The lowest BCUT2D eigenvalue weighted by Crippen LogP contribution is -2.40. The van der Waals surface area contributed by atoms with Crippen LogP contribution in [-0.4, -0.2) is 35.2 Å². The third-order valence-corrected chi connectivity index (χ3v) is 6.55. The van der Waals surface area contributed by atoms with Crippen LogP contribution in [0.15, 0.2) is 30.3 Å². The van der Waals surface area contributed by atoms with E-state index >= 15 is 0 Å². The van der Waals surface area contributed by atoms with Crippen molar-refractivity contribution in [3.8, 4) is 0 Å². The van der Waals surface area contributed by atoms with Crippen molar-refractivity contribution in [2.45, 2.75) is 51.0 Å². The first-order valence-corrected chi connectivity index (χ1v) is 10.8. The van der Waals surface area contributed by atoms with Crippen molar-refractivity contribution >= 4 is 23.4 Å². The molecule has 2 heterocycles. The average Bonchev–Trinajstić information content (AvgIpc) is 3.02. The number of amides is 3. The normalized spacial score (nSPS) is 18.9. The Morgan fingerprint density at radius 2 is 1.65 bits per heavy atom. The van der Waals surface area contributed by atoms with Crippen LogP contribution in [0.4, 0.5) is 14.5 Å². The monoisotopic (exact) mass is 424 g/mol. The van der Waals surface area contributed by atoms with Gasteiger partial charge in [-0.2, -0.15) is 0 Å². The summed E-state index contributed by atoms with van der Waals surface area (Å²) in [5.41, 5.74) is 1.27. The highest BCUT2D eigenvalue weighted by atomic mass is 19.1. The van der Waals surface area contributed by atoms with Crippen molar-refractivity contribution in [2.75, 3.05) is 11.4 Å². The lowest BCUT2D eigenvalue weighted by atomic mass is 9.94. The standard InChI is InChI=1S/C24H22F2N2O3/c25-16-11-14-5-4-10-27(21(14)20(26)13-16)22(29)15-8-9-18-19(12-15)24(31)28(23(18)30)17-6-2-1-3-7-17/h8-9,11-13,17H,1-7,10H2. The second kappa shape index (κ2) is 7.55. The van der Waals surface area contributed by atoms with E-state index in [0.29, 0.717) is 30.5 Å². The van der Waals surface area contributed by atoms with E-state index in [1.165, 1.54) is 34.1 Å². The summed E-state index contributed by atoms with van der Waals surface area (Å²) in [7, 11) is 0. The fourth-order valence-corrected chi connectivity index (χ4v) is 5.07. The third kappa shape index (κ3) is 3.23. The number of aryl methyl sites for hydroxylation is 1. The number of rotatable bonds is 2. The van der Waals surface area contributed by atoms with E-state index in [-0.39, 0.29) is 34.7 Å². The van der Waals surface area contributed by atoms with Crippen molar-refractivity contribution in [2.24, 2.45) is 0 Å². The number of nitrogens with zero attached hydrogens (tertiary/aromatic N) is 2. The molecule has 0 aromatic heterocycles. The molecule has 160 valence electrons. The number of carbonyl (C=O) groups excluding carboxylic acids is 3. The Hall–Kier alpha value is -3.09. The predicted molar refractivity (Wildman–Crippen MR) is 110 cm³/mol. The van der Waals surface area contributed by atoms with Crippen LogP contribution < -0.4 is 4.90 Å². The maximum absolute atomic E-state index is 14.5. The van der Waals surface area contributed by atoms with Crippen LogP contribution in [-0.2, 0) is 6.42 Å². The zero-order valence-corrected chi connectivity index (χ0v) is 17.0. The summed E-state index contributed by atoms with van der Waals surface area (Å²) in [6, 6.07) is 6.39. The van der Waals surface area contributed by atoms with E-state index in [9.17, 15) is 23.2 Å². The maximum Gasteiger partial charge on any atom is 0.261 e. The molecule has 5 rings (SSSR count). The van der Waals surface area contributed by atoms with Gasteiger partial charge in [-0.1, -0.05) is 19.3 Å². The summed E-state index contributed by atoms with van der Waals surface area (Å²) in [5.74, 6) is -2.59.